The molecule has 0 saturated heterocycles. The summed E-state index contributed by atoms with van der Waals surface area (Å²) >= 11 is 4.65. The second kappa shape index (κ2) is 6.62. The van der Waals surface area contributed by atoms with Crippen LogP contribution in [-0.4, -0.2) is 22.0 Å². The van der Waals surface area contributed by atoms with Gasteiger partial charge in [-0.2, -0.15) is 0 Å². The molecule has 2 heterocycles. The SMILES string of the molecule is O=C(O)CC(NC(=O)c1ccc(Br)cn1)c1cccs1. The van der Waals surface area contributed by atoms with E-state index < -0.39 is 17.9 Å². The second-order valence-corrected chi connectivity index (χ2v) is 5.90. The van der Waals surface area contributed by atoms with Gasteiger partial charge in [-0.15, -0.1) is 11.3 Å². The van der Waals surface area contributed by atoms with E-state index in [4.69, 9.17) is 5.11 Å². The molecule has 0 saturated carbocycles. The maximum Gasteiger partial charge on any atom is 0.305 e. The molecule has 2 aromatic heterocycles. The topological polar surface area (TPSA) is 79.3 Å². The predicted octanol–water partition coefficient (Wildman–Crippen LogP) is 2.85. The van der Waals surface area contributed by atoms with E-state index in [9.17, 15) is 9.59 Å². The van der Waals surface area contributed by atoms with Crippen LogP contribution in [0.4, 0.5) is 0 Å². The largest absolute Gasteiger partial charge is 0.481 e. The minimum absolute atomic E-state index is 0.164. The molecule has 7 heteroatoms. The number of halogens is 1. The van der Waals surface area contributed by atoms with Crippen LogP contribution in [0.15, 0.2) is 40.3 Å². The highest BCUT2D eigenvalue weighted by molar-refractivity contribution is 9.10. The minimum Gasteiger partial charge on any atom is -0.481 e. The normalized spacial score (nSPS) is 11.8. The molecule has 1 atom stereocenters. The van der Waals surface area contributed by atoms with Crippen LogP contribution < -0.4 is 5.32 Å². The molecule has 2 rings (SSSR count). The Labute approximate surface area is 127 Å². The van der Waals surface area contributed by atoms with Crippen molar-refractivity contribution in [1.29, 1.82) is 0 Å². The van der Waals surface area contributed by atoms with Crippen molar-refractivity contribution in [3.63, 3.8) is 0 Å². The number of aromatic nitrogens is 1. The van der Waals surface area contributed by atoms with Gasteiger partial charge in [-0.1, -0.05) is 6.07 Å². The van der Waals surface area contributed by atoms with Crippen LogP contribution in [0.2, 0.25) is 0 Å². The third kappa shape index (κ3) is 3.88. The number of carbonyl (C=O) groups excluding carboxylic acids is 1. The Morgan fingerprint density at radius 3 is 2.75 bits per heavy atom. The van der Waals surface area contributed by atoms with E-state index in [-0.39, 0.29) is 12.1 Å². The van der Waals surface area contributed by atoms with Crippen molar-refractivity contribution in [2.45, 2.75) is 12.5 Å². The molecule has 104 valence electrons. The second-order valence-electron chi connectivity index (χ2n) is 4.00. The monoisotopic (exact) mass is 354 g/mol. The Hall–Kier alpha value is -1.73. The van der Waals surface area contributed by atoms with Crippen LogP contribution in [0.5, 0.6) is 0 Å². The summed E-state index contributed by atoms with van der Waals surface area (Å²) in [5.74, 6) is -1.36. The van der Waals surface area contributed by atoms with Gasteiger partial charge in [0.1, 0.15) is 5.69 Å². The molecule has 0 aliphatic carbocycles. The summed E-state index contributed by atoms with van der Waals surface area (Å²) in [7, 11) is 0. The molecule has 0 aliphatic rings. The summed E-state index contributed by atoms with van der Waals surface area (Å²) in [6, 6.07) is 6.35. The molecule has 0 aromatic carbocycles. The van der Waals surface area contributed by atoms with E-state index in [1.807, 2.05) is 11.4 Å². The van der Waals surface area contributed by atoms with Gasteiger partial charge in [0.25, 0.3) is 5.91 Å². The van der Waals surface area contributed by atoms with Crippen molar-refractivity contribution in [1.82, 2.24) is 10.3 Å². The highest BCUT2D eigenvalue weighted by atomic mass is 79.9. The number of hydrogen-bond acceptors (Lipinski definition) is 4. The quantitative estimate of drug-likeness (QED) is 0.865. The Morgan fingerprint density at radius 2 is 2.20 bits per heavy atom. The zero-order chi connectivity index (χ0) is 14.5. The van der Waals surface area contributed by atoms with E-state index in [1.54, 1.807) is 18.2 Å². The molecule has 5 nitrogen and oxygen atoms in total. The first kappa shape index (κ1) is 14.7. The van der Waals surface area contributed by atoms with Crippen molar-refractivity contribution >= 4 is 39.1 Å². The standard InChI is InChI=1S/C13H11BrN2O3S/c14-8-3-4-9(15-7-8)13(19)16-10(6-12(17)18)11-2-1-5-20-11/h1-5,7,10H,6H2,(H,16,19)(H,17,18). The van der Waals surface area contributed by atoms with E-state index in [1.165, 1.54) is 17.5 Å². The number of amides is 1. The molecular weight excluding hydrogens is 344 g/mol. The van der Waals surface area contributed by atoms with E-state index in [0.717, 1.165) is 9.35 Å². The van der Waals surface area contributed by atoms with Crippen LogP contribution in [-0.2, 0) is 4.79 Å². The predicted molar refractivity (Wildman–Crippen MR) is 78.7 cm³/mol. The number of nitrogens with one attached hydrogen (secondary N) is 1. The van der Waals surface area contributed by atoms with E-state index in [0.29, 0.717) is 0 Å². The summed E-state index contributed by atoms with van der Waals surface area (Å²) < 4.78 is 0.773. The summed E-state index contributed by atoms with van der Waals surface area (Å²) in [5, 5.41) is 13.5. The van der Waals surface area contributed by atoms with Crippen LogP contribution >= 0.6 is 27.3 Å². The third-order valence-corrected chi connectivity index (χ3v) is 3.99. The Bertz CT molecular complexity index is 599. The summed E-state index contributed by atoms with van der Waals surface area (Å²) in [5.41, 5.74) is 0.250. The molecule has 0 radical (unpaired) electrons. The third-order valence-electron chi connectivity index (χ3n) is 2.53. The first-order valence-corrected chi connectivity index (χ1v) is 7.41. The van der Waals surface area contributed by atoms with Crippen molar-refractivity contribution in [2.75, 3.05) is 0 Å². The van der Waals surface area contributed by atoms with Crippen molar-refractivity contribution in [3.8, 4) is 0 Å². The number of nitrogens with zero attached hydrogens (tertiary/aromatic N) is 1. The molecule has 0 bridgehead atoms. The zero-order valence-electron chi connectivity index (χ0n) is 10.2. The average Bonchev–Trinajstić information content (AvgIpc) is 2.92. The Morgan fingerprint density at radius 1 is 1.40 bits per heavy atom. The number of aliphatic carboxylic acids is 1. The first-order valence-electron chi connectivity index (χ1n) is 5.74. The average molecular weight is 355 g/mol. The molecule has 0 aliphatic heterocycles. The van der Waals surface area contributed by atoms with Gasteiger partial charge in [0.15, 0.2) is 0 Å². The number of carboxylic acid groups (broad SMARTS) is 1. The number of carboxylic acids is 1. The molecule has 0 spiro atoms. The van der Waals surface area contributed by atoms with Crippen LogP contribution in [0.25, 0.3) is 0 Å². The van der Waals surface area contributed by atoms with E-state index >= 15 is 0 Å². The summed E-state index contributed by atoms with van der Waals surface area (Å²) in [6.07, 6.45) is 1.36. The van der Waals surface area contributed by atoms with E-state index in [2.05, 4.69) is 26.2 Å². The van der Waals surface area contributed by atoms with Gasteiger partial charge >= 0.3 is 5.97 Å². The maximum absolute atomic E-state index is 12.1. The molecular formula is C13H11BrN2O3S. The number of carbonyl (C=O) groups is 2. The van der Waals surface area contributed by atoms with Crippen molar-refractivity contribution in [2.24, 2.45) is 0 Å². The lowest BCUT2D eigenvalue weighted by Crippen LogP contribution is -2.30. The molecule has 2 N–H and O–H groups in total. The Kier molecular flexibility index (Phi) is 4.86. The first-order chi connectivity index (χ1) is 9.56. The number of pyridine rings is 1. The van der Waals surface area contributed by atoms with Gasteiger partial charge in [-0.25, -0.2) is 4.98 Å². The molecule has 0 fully saturated rings. The van der Waals surface area contributed by atoms with Gasteiger partial charge in [0.2, 0.25) is 0 Å². The van der Waals surface area contributed by atoms with Crippen molar-refractivity contribution in [3.05, 3.63) is 50.9 Å². The maximum atomic E-state index is 12.1. The fourth-order valence-corrected chi connectivity index (χ4v) is 2.64. The van der Waals surface area contributed by atoms with Crippen LogP contribution in [0.1, 0.15) is 27.8 Å². The van der Waals surface area contributed by atoms with Gasteiger partial charge in [0, 0.05) is 15.5 Å². The van der Waals surface area contributed by atoms with Crippen LogP contribution in [0, 0.1) is 0 Å². The fourth-order valence-electron chi connectivity index (χ4n) is 1.63. The smallest absolute Gasteiger partial charge is 0.305 e. The summed E-state index contributed by atoms with van der Waals surface area (Å²) in [6.45, 7) is 0. The lowest BCUT2D eigenvalue weighted by atomic mass is 10.1. The van der Waals surface area contributed by atoms with Gasteiger partial charge in [-0.3, -0.25) is 9.59 Å². The van der Waals surface area contributed by atoms with Crippen LogP contribution in [0.3, 0.4) is 0 Å². The van der Waals surface area contributed by atoms with Crippen molar-refractivity contribution < 1.29 is 14.7 Å². The highest BCUT2D eigenvalue weighted by Crippen LogP contribution is 2.22. The minimum atomic E-state index is -0.965. The van der Waals surface area contributed by atoms with Gasteiger partial charge in [0.05, 0.1) is 12.5 Å². The fraction of sp³-hybridized carbons (Fsp3) is 0.154. The molecule has 1 amide bonds. The number of rotatable bonds is 5. The molecule has 1 unspecified atom stereocenters. The lowest BCUT2D eigenvalue weighted by molar-refractivity contribution is -0.137. The highest BCUT2D eigenvalue weighted by Gasteiger charge is 2.20. The molecule has 2 aromatic rings. The molecule has 20 heavy (non-hydrogen) atoms. The number of hydrogen-bond donors (Lipinski definition) is 2. The lowest BCUT2D eigenvalue weighted by Gasteiger charge is -2.15. The Balaban J connectivity index is 2.13. The zero-order valence-corrected chi connectivity index (χ0v) is 12.6. The van der Waals surface area contributed by atoms with Gasteiger partial charge in [-0.05, 0) is 39.5 Å². The number of thiophene rings is 1. The van der Waals surface area contributed by atoms with Gasteiger partial charge < -0.3 is 10.4 Å². The summed E-state index contributed by atoms with van der Waals surface area (Å²) in [4.78, 5) is 27.8.